The Balaban J connectivity index is 3.73. The summed E-state index contributed by atoms with van der Waals surface area (Å²) in [5.41, 5.74) is -7.71. The van der Waals surface area contributed by atoms with Crippen LogP contribution in [0.2, 0.25) is 0 Å². The van der Waals surface area contributed by atoms with Crippen LogP contribution in [0.1, 0.15) is 27.7 Å². The molecule has 1 rings (SSSR count). The fraction of sp³-hybridized carbons (Fsp3) is 0.556. The molecule has 0 aromatic carbocycles. The predicted molar refractivity (Wildman–Crippen MR) is 94.1 cm³/mol. The Morgan fingerprint density at radius 2 is 1.00 bits per heavy atom. The maximum absolute atomic E-state index is 12.9. The van der Waals surface area contributed by atoms with Crippen LogP contribution in [0.4, 0.5) is 0 Å². The molecule has 8 nitrogen and oxygen atoms in total. The normalized spacial score (nSPS) is 35.5. The molecular formula is C18H26N2O6. The zero-order valence-electron chi connectivity index (χ0n) is 15.5. The van der Waals surface area contributed by atoms with Gasteiger partial charge in [0.2, 0.25) is 11.8 Å². The van der Waals surface area contributed by atoms with Gasteiger partial charge >= 0.3 is 11.9 Å². The van der Waals surface area contributed by atoms with E-state index in [0.717, 1.165) is 0 Å². The standard InChI is InChI=1S/C18H26N2O6/c1-7-9-19-11(21)15(3)16(4,12(22)20-10-8-2)18(6,14(25)26)17(15,5)13(23)24/h7-8H,1-2,9-10H2,3-6H3,(H,19,21)(H,20,22)(H,23,24)(H,25,26). The van der Waals surface area contributed by atoms with Crippen LogP contribution in [0.15, 0.2) is 25.3 Å². The van der Waals surface area contributed by atoms with E-state index in [1.165, 1.54) is 39.8 Å². The molecular weight excluding hydrogens is 340 g/mol. The molecule has 4 unspecified atom stereocenters. The maximum Gasteiger partial charge on any atom is 0.311 e. The molecule has 4 N–H and O–H groups in total. The molecule has 0 heterocycles. The van der Waals surface area contributed by atoms with Gasteiger partial charge in [0.25, 0.3) is 0 Å². The lowest BCUT2D eigenvalue weighted by molar-refractivity contribution is -0.281. The number of rotatable bonds is 8. The van der Waals surface area contributed by atoms with Crippen LogP contribution in [0.25, 0.3) is 0 Å². The van der Waals surface area contributed by atoms with Crippen LogP contribution < -0.4 is 10.6 Å². The van der Waals surface area contributed by atoms with Crippen LogP contribution in [0.5, 0.6) is 0 Å². The fourth-order valence-electron chi connectivity index (χ4n) is 4.38. The van der Waals surface area contributed by atoms with Crippen molar-refractivity contribution >= 4 is 23.8 Å². The minimum atomic E-state index is -2.03. The highest BCUT2D eigenvalue weighted by atomic mass is 16.4. The number of carbonyl (C=O) groups is 4. The Kier molecular flexibility index (Phi) is 5.42. The van der Waals surface area contributed by atoms with Crippen LogP contribution in [0, 0.1) is 21.7 Å². The van der Waals surface area contributed by atoms with Crippen molar-refractivity contribution in [2.75, 3.05) is 13.1 Å². The van der Waals surface area contributed by atoms with Gasteiger partial charge in [-0.25, -0.2) is 0 Å². The van der Waals surface area contributed by atoms with Gasteiger partial charge in [-0.05, 0) is 27.7 Å². The van der Waals surface area contributed by atoms with Gasteiger partial charge in [-0.3, -0.25) is 19.2 Å². The summed E-state index contributed by atoms with van der Waals surface area (Å²) in [4.78, 5) is 50.1. The van der Waals surface area contributed by atoms with Crippen molar-refractivity contribution in [1.82, 2.24) is 10.6 Å². The van der Waals surface area contributed by atoms with Gasteiger partial charge < -0.3 is 20.8 Å². The zero-order chi connectivity index (χ0) is 20.6. The molecule has 26 heavy (non-hydrogen) atoms. The van der Waals surface area contributed by atoms with Gasteiger partial charge in [-0.15, -0.1) is 13.2 Å². The third kappa shape index (κ3) is 2.07. The van der Waals surface area contributed by atoms with Gasteiger partial charge in [0.15, 0.2) is 0 Å². The first-order valence-corrected chi connectivity index (χ1v) is 8.10. The summed E-state index contributed by atoms with van der Waals surface area (Å²) in [6.07, 6.45) is 2.81. The maximum atomic E-state index is 12.9. The van der Waals surface area contributed by atoms with Gasteiger partial charge in [-0.1, -0.05) is 12.2 Å². The molecule has 4 atom stereocenters. The number of carboxylic acid groups (broad SMARTS) is 2. The number of aliphatic carboxylic acids is 2. The average molecular weight is 366 g/mol. The first kappa shape index (κ1) is 21.4. The van der Waals surface area contributed by atoms with Crippen LogP contribution >= 0.6 is 0 Å². The molecule has 0 aromatic rings. The van der Waals surface area contributed by atoms with Crippen molar-refractivity contribution < 1.29 is 29.4 Å². The van der Waals surface area contributed by atoms with Crippen molar-refractivity contribution in [3.63, 3.8) is 0 Å². The SMILES string of the molecule is C=CCNC(=O)C1(C)C(C)(C(=O)O)C(C)(C(=O)O)C1(C)C(=O)NCC=C. The number of hydrogen-bond donors (Lipinski definition) is 4. The average Bonchev–Trinajstić information content (AvgIpc) is 2.60. The summed E-state index contributed by atoms with van der Waals surface area (Å²) in [6, 6.07) is 0. The monoisotopic (exact) mass is 366 g/mol. The smallest absolute Gasteiger partial charge is 0.311 e. The quantitative estimate of drug-likeness (QED) is 0.470. The van der Waals surface area contributed by atoms with E-state index in [2.05, 4.69) is 23.8 Å². The summed E-state index contributed by atoms with van der Waals surface area (Å²) in [7, 11) is 0. The Bertz CT molecular complexity index is 631. The van der Waals surface area contributed by atoms with Crippen LogP contribution in [0.3, 0.4) is 0 Å². The Hall–Kier alpha value is -2.64. The molecule has 1 aliphatic rings. The lowest BCUT2D eigenvalue weighted by atomic mass is 9.25. The Labute approximate surface area is 152 Å². The van der Waals surface area contributed by atoms with E-state index in [1.807, 2.05) is 0 Å². The number of amides is 2. The fourth-order valence-corrected chi connectivity index (χ4v) is 4.38. The van der Waals surface area contributed by atoms with E-state index in [1.54, 1.807) is 0 Å². The first-order valence-electron chi connectivity index (χ1n) is 8.10. The Morgan fingerprint density at radius 3 is 1.19 bits per heavy atom. The van der Waals surface area contributed by atoms with Gasteiger partial charge in [0, 0.05) is 13.1 Å². The van der Waals surface area contributed by atoms with Crippen LogP contribution in [-0.4, -0.2) is 47.1 Å². The molecule has 0 aliphatic heterocycles. The second-order valence-corrected chi connectivity index (χ2v) is 7.11. The third-order valence-corrected chi connectivity index (χ3v) is 6.58. The summed E-state index contributed by atoms with van der Waals surface area (Å²) in [6.45, 7) is 12.1. The predicted octanol–water partition coefficient (Wildman–Crippen LogP) is 0.799. The number of carboxylic acids is 2. The lowest BCUT2D eigenvalue weighted by Gasteiger charge is -2.72. The van der Waals surface area contributed by atoms with Gasteiger partial charge in [-0.2, -0.15) is 0 Å². The van der Waals surface area contributed by atoms with E-state index in [0.29, 0.717) is 0 Å². The largest absolute Gasteiger partial charge is 0.481 e. The third-order valence-electron chi connectivity index (χ3n) is 6.58. The first-order chi connectivity index (χ1) is 11.8. The molecule has 0 radical (unpaired) electrons. The van der Waals surface area contributed by atoms with Crippen molar-refractivity contribution in [2.24, 2.45) is 21.7 Å². The molecule has 2 amide bonds. The molecule has 1 fully saturated rings. The molecule has 8 heteroatoms. The van der Waals surface area contributed by atoms with Crippen molar-refractivity contribution in [2.45, 2.75) is 27.7 Å². The minimum Gasteiger partial charge on any atom is -0.481 e. The minimum absolute atomic E-state index is 0.0538. The molecule has 0 spiro atoms. The highest BCUT2D eigenvalue weighted by molar-refractivity contribution is 6.08. The molecule has 0 bridgehead atoms. The highest BCUT2D eigenvalue weighted by Gasteiger charge is 2.90. The highest BCUT2D eigenvalue weighted by Crippen LogP contribution is 2.78. The van der Waals surface area contributed by atoms with Crippen molar-refractivity contribution in [3.8, 4) is 0 Å². The van der Waals surface area contributed by atoms with Crippen LogP contribution in [-0.2, 0) is 19.2 Å². The van der Waals surface area contributed by atoms with E-state index in [4.69, 9.17) is 0 Å². The molecule has 144 valence electrons. The van der Waals surface area contributed by atoms with E-state index in [9.17, 15) is 29.4 Å². The zero-order valence-corrected chi connectivity index (χ0v) is 15.5. The van der Waals surface area contributed by atoms with E-state index < -0.39 is 45.4 Å². The van der Waals surface area contributed by atoms with Gasteiger partial charge in [0.1, 0.15) is 0 Å². The molecule has 0 saturated heterocycles. The summed E-state index contributed by atoms with van der Waals surface area (Å²) < 4.78 is 0. The second-order valence-electron chi connectivity index (χ2n) is 7.11. The summed E-state index contributed by atoms with van der Waals surface area (Å²) >= 11 is 0. The molecule has 0 aromatic heterocycles. The van der Waals surface area contributed by atoms with Crippen molar-refractivity contribution in [3.05, 3.63) is 25.3 Å². The van der Waals surface area contributed by atoms with E-state index in [-0.39, 0.29) is 13.1 Å². The summed E-state index contributed by atoms with van der Waals surface area (Å²) in [5.74, 6) is -4.38. The van der Waals surface area contributed by atoms with Gasteiger partial charge in [0.05, 0.1) is 21.7 Å². The number of hydrogen-bond acceptors (Lipinski definition) is 4. The number of carbonyl (C=O) groups excluding carboxylic acids is 2. The summed E-state index contributed by atoms with van der Waals surface area (Å²) in [5, 5.41) is 24.8. The molecule has 1 saturated carbocycles. The lowest BCUT2D eigenvalue weighted by Crippen LogP contribution is -2.86. The van der Waals surface area contributed by atoms with E-state index >= 15 is 0 Å². The van der Waals surface area contributed by atoms with Crippen molar-refractivity contribution in [1.29, 1.82) is 0 Å². The Morgan fingerprint density at radius 1 is 0.731 bits per heavy atom. The topological polar surface area (TPSA) is 133 Å². The second kappa shape index (κ2) is 6.59. The number of nitrogens with one attached hydrogen (secondary N) is 2. The molecule has 1 aliphatic carbocycles.